The summed E-state index contributed by atoms with van der Waals surface area (Å²) < 4.78 is 0. The molecule has 1 aliphatic carbocycles. The molecule has 3 atom stereocenters. The van der Waals surface area contributed by atoms with E-state index in [0.29, 0.717) is 6.42 Å². The third-order valence-electron chi connectivity index (χ3n) is 6.81. The first kappa shape index (κ1) is 22.5. The van der Waals surface area contributed by atoms with Crippen LogP contribution in [0.4, 0.5) is 0 Å². The summed E-state index contributed by atoms with van der Waals surface area (Å²) in [5.74, 6) is -0.450. The maximum Gasteiger partial charge on any atom is 0.145 e. The van der Waals surface area contributed by atoms with Crippen LogP contribution in [0.15, 0.2) is 66.7 Å². The van der Waals surface area contributed by atoms with E-state index in [0.717, 1.165) is 16.7 Å². The first-order chi connectivity index (χ1) is 13.8. The molecule has 0 unspecified atom stereocenters. The maximum absolute atomic E-state index is 13.9. The highest BCUT2D eigenvalue weighted by Crippen LogP contribution is 2.56. The zero-order valence-corrected chi connectivity index (χ0v) is 19.5. The van der Waals surface area contributed by atoms with Crippen molar-refractivity contribution in [3.05, 3.63) is 77.9 Å². The number of Topliss-reactive ketones (excluding diaryl/α,β-unsaturated/α-hetero) is 1. The van der Waals surface area contributed by atoms with Gasteiger partial charge in [-0.15, -0.1) is 0 Å². The molecule has 0 aliphatic heterocycles. The Kier molecular flexibility index (Phi) is 5.62. The van der Waals surface area contributed by atoms with Crippen LogP contribution in [-0.2, 0) is 10.2 Å². The number of hydrogen-bond acceptors (Lipinski definition) is 2. The molecule has 0 saturated heterocycles. The van der Waals surface area contributed by atoms with Crippen LogP contribution in [0.1, 0.15) is 66.0 Å². The Morgan fingerprint density at radius 2 is 1.40 bits per heavy atom. The van der Waals surface area contributed by atoms with Crippen molar-refractivity contribution >= 4 is 11.4 Å². The Bertz CT molecular complexity index is 928. The molecule has 2 aromatic rings. The van der Waals surface area contributed by atoms with Gasteiger partial charge in [0.25, 0.3) is 0 Å². The Labute approximate surface area is 182 Å². The SMILES string of the molecule is CC(C)(C)C(=O)[C@@H]1[C@@](O)(C(C)(C)C)C=C(c2ccccc2)C[C@]1(C)c1ccccc1. The van der Waals surface area contributed by atoms with E-state index in [2.05, 4.69) is 31.2 Å². The fraction of sp³-hybridized carbons (Fsp3) is 0.464. The van der Waals surface area contributed by atoms with Gasteiger partial charge in [-0.05, 0) is 34.6 Å². The molecular weight excluding hydrogens is 368 g/mol. The maximum atomic E-state index is 13.9. The molecule has 1 N–H and O–H groups in total. The van der Waals surface area contributed by atoms with Gasteiger partial charge in [-0.1, -0.05) is 109 Å². The predicted molar refractivity (Wildman–Crippen MR) is 125 cm³/mol. The summed E-state index contributed by atoms with van der Waals surface area (Å²) in [4.78, 5) is 13.9. The minimum atomic E-state index is -1.29. The van der Waals surface area contributed by atoms with E-state index >= 15 is 0 Å². The van der Waals surface area contributed by atoms with Crippen LogP contribution >= 0.6 is 0 Å². The van der Waals surface area contributed by atoms with Crippen molar-refractivity contribution in [3.63, 3.8) is 0 Å². The summed E-state index contributed by atoms with van der Waals surface area (Å²) in [6.45, 7) is 14.1. The molecule has 0 amide bonds. The zero-order valence-electron chi connectivity index (χ0n) is 19.5. The third kappa shape index (κ3) is 3.78. The summed E-state index contributed by atoms with van der Waals surface area (Å²) >= 11 is 0. The fourth-order valence-electron chi connectivity index (χ4n) is 4.88. The summed E-state index contributed by atoms with van der Waals surface area (Å²) in [6, 6.07) is 20.5. The average molecular weight is 405 g/mol. The van der Waals surface area contributed by atoms with Gasteiger partial charge in [0.1, 0.15) is 5.78 Å². The third-order valence-corrected chi connectivity index (χ3v) is 6.81. The molecule has 0 radical (unpaired) electrons. The first-order valence-corrected chi connectivity index (χ1v) is 10.9. The molecule has 2 heteroatoms. The van der Waals surface area contributed by atoms with Crippen molar-refractivity contribution in [2.24, 2.45) is 16.7 Å². The Morgan fingerprint density at radius 3 is 1.87 bits per heavy atom. The highest BCUT2D eigenvalue weighted by Gasteiger charge is 2.60. The molecular formula is C28H36O2. The number of ketones is 1. The quantitative estimate of drug-likeness (QED) is 0.639. The fourth-order valence-corrected chi connectivity index (χ4v) is 4.88. The van der Waals surface area contributed by atoms with E-state index in [9.17, 15) is 9.90 Å². The number of rotatable bonds is 3. The Hall–Kier alpha value is -2.19. The molecule has 2 nitrogen and oxygen atoms in total. The number of allylic oxidation sites excluding steroid dienone is 1. The van der Waals surface area contributed by atoms with Gasteiger partial charge in [0.15, 0.2) is 0 Å². The second-order valence-electron chi connectivity index (χ2n) is 11.1. The molecule has 30 heavy (non-hydrogen) atoms. The summed E-state index contributed by atoms with van der Waals surface area (Å²) in [5, 5.41) is 12.3. The summed E-state index contributed by atoms with van der Waals surface area (Å²) in [5.41, 5.74) is 0.393. The van der Waals surface area contributed by atoms with Gasteiger partial charge >= 0.3 is 0 Å². The number of hydrogen-bond donors (Lipinski definition) is 1. The molecule has 3 rings (SSSR count). The van der Waals surface area contributed by atoms with Gasteiger partial charge < -0.3 is 5.11 Å². The van der Waals surface area contributed by atoms with Crippen LogP contribution in [0.3, 0.4) is 0 Å². The monoisotopic (exact) mass is 404 g/mol. The van der Waals surface area contributed by atoms with Gasteiger partial charge in [0.05, 0.1) is 11.5 Å². The normalized spacial score (nSPS) is 27.5. The first-order valence-electron chi connectivity index (χ1n) is 10.9. The van der Waals surface area contributed by atoms with E-state index in [1.54, 1.807) is 0 Å². The lowest BCUT2D eigenvalue weighted by atomic mass is 9.50. The lowest BCUT2D eigenvalue weighted by Crippen LogP contribution is -2.62. The molecule has 0 bridgehead atoms. The molecule has 0 aromatic heterocycles. The number of benzene rings is 2. The van der Waals surface area contributed by atoms with Gasteiger partial charge in [0, 0.05) is 10.8 Å². The minimum Gasteiger partial charge on any atom is -0.384 e. The molecule has 1 aliphatic rings. The number of aliphatic hydroxyl groups is 1. The van der Waals surface area contributed by atoms with Crippen LogP contribution in [0.2, 0.25) is 0 Å². The van der Waals surface area contributed by atoms with Crippen LogP contribution in [0, 0.1) is 16.7 Å². The molecule has 0 saturated carbocycles. The Morgan fingerprint density at radius 1 is 0.900 bits per heavy atom. The summed E-state index contributed by atoms with van der Waals surface area (Å²) in [7, 11) is 0. The van der Waals surface area contributed by atoms with Crippen LogP contribution in [-0.4, -0.2) is 16.5 Å². The van der Waals surface area contributed by atoms with Gasteiger partial charge in [-0.3, -0.25) is 4.79 Å². The van der Waals surface area contributed by atoms with Crippen molar-refractivity contribution in [2.75, 3.05) is 0 Å². The van der Waals surface area contributed by atoms with Crippen molar-refractivity contribution in [1.29, 1.82) is 0 Å². The topological polar surface area (TPSA) is 37.3 Å². The van der Waals surface area contributed by atoms with E-state index in [-0.39, 0.29) is 5.78 Å². The smallest absolute Gasteiger partial charge is 0.145 e. The zero-order chi connectivity index (χ0) is 22.4. The average Bonchev–Trinajstić information content (AvgIpc) is 2.67. The van der Waals surface area contributed by atoms with Crippen molar-refractivity contribution in [2.45, 2.75) is 65.9 Å². The predicted octanol–water partition coefficient (Wildman–Crippen LogP) is 6.44. The molecule has 0 spiro atoms. The van der Waals surface area contributed by atoms with E-state index in [1.807, 2.05) is 84.0 Å². The largest absolute Gasteiger partial charge is 0.384 e. The molecule has 0 heterocycles. The minimum absolute atomic E-state index is 0.106. The van der Waals surface area contributed by atoms with E-state index in [1.165, 1.54) is 0 Å². The van der Waals surface area contributed by atoms with Gasteiger partial charge in [-0.2, -0.15) is 0 Å². The second-order valence-corrected chi connectivity index (χ2v) is 11.1. The van der Waals surface area contributed by atoms with E-state index in [4.69, 9.17) is 0 Å². The molecule has 0 fully saturated rings. The van der Waals surface area contributed by atoms with Gasteiger partial charge in [-0.25, -0.2) is 0 Å². The number of carbonyl (C=O) groups excluding carboxylic acids is 1. The van der Waals surface area contributed by atoms with E-state index < -0.39 is 27.8 Å². The van der Waals surface area contributed by atoms with Gasteiger partial charge in [0.2, 0.25) is 0 Å². The highest BCUT2D eigenvalue weighted by atomic mass is 16.3. The summed E-state index contributed by atoms with van der Waals surface area (Å²) in [6.07, 6.45) is 2.69. The lowest BCUT2D eigenvalue weighted by Gasteiger charge is -2.55. The molecule has 2 aromatic carbocycles. The van der Waals surface area contributed by atoms with Crippen LogP contribution < -0.4 is 0 Å². The molecule has 160 valence electrons. The van der Waals surface area contributed by atoms with Crippen molar-refractivity contribution in [3.8, 4) is 0 Å². The second kappa shape index (κ2) is 7.50. The Balaban J connectivity index is 2.34. The number of carbonyl (C=O) groups is 1. The van der Waals surface area contributed by atoms with Crippen molar-refractivity contribution < 1.29 is 9.90 Å². The lowest BCUT2D eigenvalue weighted by molar-refractivity contribution is -0.153. The van der Waals surface area contributed by atoms with Crippen LogP contribution in [0.5, 0.6) is 0 Å². The standard InChI is InChI=1S/C28H36O2/c1-25(2,3)24(29)23-27(7,22-16-12-9-13-17-22)18-21(20-14-10-8-11-15-20)19-28(23,30)26(4,5)6/h8-17,19,23,30H,18H2,1-7H3/t23-,27+,28+/m0/s1. The highest BCUT2D eigenvalue weighted by molar-refractivity contribution is 5.91. The van der Waals surface area contributed by atoms with Crippen LogP contribution in [0.25, 0.3) is 5.57 Å². The van der Waals surface area contributed by atoms with Crippen molar-refractivity contribution in [1.82, 2.24) is 0 Å².